The number of benzene rings is 2. The van der Waals surface area contributed by atoms with Crippen molar-refractivity contribution in [3.05, 3.63) is 56.5 Å². The standard InChI is InChI=1S/C34H42Br2N6O7/c35-25-17-21(18-26(36)30(25)43)19-28(31(44)42(24-8-12-37-13-9-24)16-4-3-7-29(42)49-34(47)48)39-32(45)40-14-10-23(11-15-40)41-20-22-5-1-2-6-27(22)38-33(41)46/h1-2,5-6,17-18,23-24,28-29,37H,3-4,7-16,19-20H2,(H3-,38,39,43,45,46,47,48)/p+1/t28-,29?,42+/m1/s1. The number of fused-ring (bicyclic) bond motifs is 1. The van der Waals surface area contributed by atoms with Crippen LogP contribution in [0.2, 0.25) is 0 Å². The van der Waals surface area contributed by atoms with Crippen LogP contribution >= 0.6 is 31.9 Å². The van der Waals surface area contributed by atoms with E-state index in [9.17, 15) is 24.6 Å². The lowest BCUT2D eigenvalue weighted by molar-refractivity contribution is -0.929. The summed E-state index contributed by atoms with van der Waals surface area (Å²) in [5.41, 5.74) is 2.56. The fourth-order valence-electron chi connectivity index (χ4n) is 8.05. The first-order valence-corrected chi connectivity index (χ1v) is 18.6. The Labute approximate surface area is 302 Å². The molecule has 264 valence electrons. The van der Waals surface area contributed by atoms with Gasteiger partial charge in [0.25, 0.3) is 0 Å². The zero-order chi connectivity index (χ0) is 34.7. The van der Waals surface area contributed by atoms with E-state index >= 15 is 4.79 Å². The van der Waals surface area contributed by atoms with Crippen molar-refractivity contribution in [2.24, 2.45) is 0 Å². The Hall–Kier alpha value is -3.40. The molecule has 15 heteroatoms. The van der Waals surface area contributed by atoms with Crippen LogP contribution in [0, 0.1) is 0 Å². The van der Waals surface area contributed by atoms with Crippen molar-refractivity contribution < 1.29 is 38.6 Å². The zero-order valence-corrected chi connectivity index (χ0v) is 30.4. The predicted octanol–water partition coefficient (Wildman–Crippen LogP) is 5.35. The van der Waals surface area contributed by atoms with Gasteiger partial charge in [0.15, 0.2) is 6.04 Å². The van der Waals surface area contributed by atoms with Crippen LogP contribution in [-0.2, 0) is 22.5 Å². The summed E-state index contributed by atoms with van der Waals surface area (Å²) in [5.74, 6) is -0.251. The largest absolute Gasteiger partial charge is 0.510 e. The van der Waals surface area contributed by atoms with E-state index in [0.717, 1.165) is 24.1 Å². The highest BCUT2D eigenvalue weighted by molar-refractivity contribution is 9.11. The van der Waals surface area contributed by atoms with Crippen LogP contribution in [0.4, 0.5) is 20.1 Å². The molecule has 4 aliphatic heterocycles. The van der Waals surface area contributed by atoms with Crippen LogP contribution in [0.1, 0.15) is 56.1 Å². The Morgan fingerprint density at radius 1 is 1.02 bits per heavy atom. The Morgan fingerprint density at radius 2 is 1.71 bits per heavy atom. The minimum atomic E-state index is -1.42. The van der Waals surface area contributed by atoms with E-state index in [0.29, 0.717) is 85.9 Å². The lowest BCUT2D eigenvalue weighted by Gasteiger charge is -2.50. The van der Waals surface area contributed by atoms with E-state index in [1.807, 2.05) is 29.2 Å². The molecule has 3 atom stereocenters. The molecule has 0 saturated carbocycles. The second kappa shape index (κ2) is 15.2. The number of phenolic OH excluding ortho intramolecular Hbond substituents is 1. The first-order valence-electron chi connectivity index (χ1n) is 17.0. The molecule has 5 amide bonds. The second-order valence-corrected chi connectivity index (χ2v) is 15.1. The normalized spacial score (nSPS) is 24.0. The maximum absolute atomic E-state index is 15.1. The summed E-state index contributed by atoms with van der Waals surface area (Å²) in [6, 6.07) is 9.41. The molecule has 3 fully saturated rings. The van der Waals surface area contributed by atoms with Crippen molar-refractivity contribution in [1.82, 2.24) is 20.4 Å². The Balaban J connectivity index is 1.24. The highest BCUT2D eigenvalue weighted by Gasteiger charge is 2.56. The number of piperidine rings is 3. The number of carbonyl (C=O) groups is 4. The molecular weight excluding hydrogens is 764 g/mol. The van der Waals surface area contributed by atoms with Crippen molar-refractivity contribution in [3.63, 3.8) is 0 Å². The van der Waals surface area contributed by atoms with Gasteiger partial charge in [-0.15, -0.1) is 0 Å². The van der Waals surface area contributed by atoms with Crippen LogP contribution in [0.5, 0.6) is 5.75 Å². The van der Waals surface area contributed by atoms with Gasteiger partial charge in [0, 0.05) is 70.1 Å². The summed E-state index contributed by atoms with van der Waals surface area (Å²) in [5, 5.41) is 29.5. The monoisotopic (exact) mass is 805 g/mol. The quantitative estimate of drug-likeness (QED) is 0.185. The Kier molecular flexibility index (Phi) is 11.0. The molecule has 0 aromatic heterocycles. The van der Waals surface area contributed by atoms with E-state index in [-0.39, 0.29) is 40.7 Å². The van der Waals surface area contributed by atoms with Crippen LogP contribution in [-0.4, -0.2) is 106 Å². The smallest absolute Gasteiger partial charge is 0.506 e. The van der Waals surface area contributed by atoms with Gasteiger partial charge in [0.1, 0.15) is 11.8 Å². The number of carbonyl (C=O) groups excluding carboxylic acids is 3. The molecule has 2 aromatic carbocycles. The number of aromatic hydroxyl groups is 1. The van der Waals surface area contributed by atoms with Crippen molar-refractivity contribution in [3.8, 4) is 5.75 Å². The minimum Gasteiger partial charge on any atom is -0.506 e. The van der Waals surface area contributed by atoms with Crippen molar-refractivity contribution >= 4 is 61.7 Å². The van der Waals surface area contributed by atoms with E-state index in [2.05, 4.69) is 47.8 Å². The van der Waals surface area contributed by atoms with Gasteiger partial charge in [-0.2, -0.15) is 0 Å². The minimum absolute atomic E-state index is 0.0218. The van der Waals surface area contributed by atoms with Gasteiger partial charge in [-0.3, -0.25) is 0 Å². The summed E-state index contributed by atoms with van der Waals surface area (Å²) in [6.45, 7) is 3.12. The maximum Gasteiger partial charge on any atom is 0.510 e. The fourth-order valence-corrected chi connectivity index (χ4v) is 9.33. The number of quaternary nitrogens is 1. The fraction of sp³-hybridized carbons (Fsp3) is 0.529. The SMILES string of the molecule is O=C(O)OC1CCCC[N@+]1(C(=O)[C@@H](Cc1cc(Br)c(O)c(Br)c1)NC(=O)N1CCC(N2Cc3ccccc3NC2=O)CC1)C1CCNCC1. The number of anilines is 1. The van der Waals surface area contributed by atoms with Gasteiger partial charge in [-0.25, -0.2) is 23.7 Å². The number of hydrogen-bond donors (Lipinski definition) is 5. The van der Waals surface area contributed by atoms with Crippen LogP contribution in [0.15, 0.2) is 45.3 Å². The molecule has 5 N–H and O–H groups in total. The van der Waals surface area contributed by atoms with Crippen LogP contribution < -0.4 is 16.0 Å². The third-order valence-electron chi connectivity index (χ3n) is 10.5. The van der Waals surface area contributed by atoms with Crippen LogP contribution in [0.25, 0.3) is 0 Å². The molecular formula is C34H43Br2N6O7+. The topological polar surface area (TPSA) is 161 Å². The lowest BCUT2D eigenvalue weighted by atomic mass is 9.92. The van der Waals surface area contributed by atoms with E-state index in [1.54, 1.807) is 17.0 Å². The lowest BCUT2D eigenvalue weighted by Crippen LogP contribution is -2.73. The zero-order valence-electron chi connectivity index (χ0n) is 27.2. The Morgan fingerprint density at radius 3 is 2.41 bits per heavy atom. The highest BCUT2D eigenvalue weighted by atomic mass is 79.9. The third kappa shape index (κ3) is 7.54. The molecule has 0 bridgehead atoms. The number of likely N-dealkylation sites (tertiary alicyclic amines) is 2. The van der Waals surface area contributed by atoms with E-state index < -0.39 is 24.5 Å². The highest BCUT2D eigenvalue weighted by Crippen LogP contribution is 2.37. The number of amides is 5. The van der Waals surface area contributed by atoms with Crippen LogP contribution in [0.3, 0.4) is 0 Å². The number of nitrogens with one attached hydrogen (secondary N) is 3. The van der Waals surface area contributed by atoms with Gasteiger partial charge in [0.05, 0.1) is 15.5 Å². The third-order valence-corrected chi connectivity index (χ3v) is 11.7. The maximum atomic E-state index is 15.1. The molecule has 2 aromatic rings. The van der Waals surface area contributed by atoms with E-state index in [4.69, 9.17) is 4.74 Å². The number of nitrogens with zero attached hydrogens (tertiary/aromatic N) is 3. The number of halogens is 2. The number of rotatable bonds is 7. The van der Waals surface area contributed by atoms with Gasteiger partial charge in [0.2, 0.25) is 6.23 Å². The number of carboxylic acid groups (broad SMARTS) is 1. The summed E-state index contributed by atoms with van der Waals surface area (Å²) in [4.78, 5) is 57.5. The van der Waals surface area contributed by atoms with Crippen molar-refractivity contribution in [1.29, 1.82) is 0 Å². The molecule has 4 heterocycles. The molecule has 49 heavy (non-hydrogen) atoms. The first-order chi connectivity index (χ1) is 23.6. The molecule has 4 aliphatic rings. The predicted molar refractivity (Wildman–Crippen MR) is 188 cm³/mol. The molecule has 1 unspecified atom stereocenters. The average Bonchev–Trinajstić information content (AvgIpc) is 3.10. The Bertz CT molecular complexity index is 1560. The molecule has 3 saturated heterocycles. The summed E-state index contributed by atoms with van der Waals surface area (Å²) in [7, 11) is 0. The van der Waals surface area contributed by atoms with Crippen molar-refractivity contribution in [2.45, 2.75) is 82.3 Å². The summed E-state index contributed by atoms with van der Waals surface area (Å²) >= 11 is 6.77. The number of para-hydroxylation sites is 1. The number of phenols is 1. The summed E-state index contributed by atoms with van der Waals surface area (Å²) in [6.07, 6.45) is 2.22. The molecule has 6 rings (SSSR count). The molecule has 0 radical (unpaired) electrons. The average molecular weight is 808 g/mol. The number of urea groups is 2. The summed E-state index contributed by atoms with van der Waals surface area (Å²) < 4.78 is 6.21. The van der Waals surface area contributed by atoms with Gasteiger partial charge in [-0.05, 0) is 86.9 Å². The molecule has 0 aliphatic carbocycles. The molecule has 13 nitrogen and oxygen atoms in total. The van der Waals surface area contributed by atoms with Crippen molar-refractivity contribution in [2.75, 3.05) is 38.0 Å². The van der Waals surface area contributed by atoms with E-state index in [1.165, 1.54) is 0 Å². The van der Waals surface area contributed by atoms with Gasteiger partial charge < -0.3 is 40.7 Å². The molecule has 0 spiro atoms. The number of hydrogen-bond acceptors (Lipinski definition) is 7. The van der Waals surface area contributed by atoms with Gasteiger partial charge in [-0.1, -0.05) is 18.2 Å². The second-order valence-electron chi connectivity index (χ2n) is 13.4. The first kappa shape index (κ1) is 35.4. The van der Waals surface area contributed by atoms with Gasteiger partial charge >= 0.3 is 24.1 Å². The number of ether oxygens (including phenoxy) is 1.